The summed E-state index contributed by atoms with van der Waals surface area (Å²) in [5.74, 6) is 2.85. The molecule has 1 aromatic heterocycles. The van der Waals surface area contributed by atoms with Gasteiger partial charge in [-0.05, 0) is 47.5 Å². The first-order valence-corrected chi connectivity index (χ1v) is 9.41. The summed E-state index contributed by atoms with van der Waals surface area (Å²) in [6.07, 6.45) is 1.72. The third-order valence-corrected chi connectivity index (χ3v) is 4.41. The standard InChI is InChI=1S/C22H21FN4O3/c1-24-22(26-11-15-2-8-19-20(10-15)29-14-28-19)27-13-16-3-9-21(25-12-16)30-18-6-4-17(23)5-7-18/h2-10,12H,11,13-14H2,1H3,(H2,24,26,27). The van der Waals surface area contributed by atoms with Crippen LogP contribution >= 0.6 is 0 Å². The Morgan fingerprint density at radius 1 is 1.00 bits per heavy atom. The van der Waals surface area contributed by atoms with Crippen LogP contribution in [0.4, 0.5) is 4.39 Å². The average Bonchev–Trinajstić information content (AvgIpc) is 3.24. The van der Waals surface area contributed by atoms with Crippen molar-refractivity contribution in [1.82, 2.24) is 15.6 Å². The Kier molecular flexibility index (Phi) is 5.93. The smallest absolute Gasteiger partial charge is 0.231 e. The highest BCUT2D eigenvalue weighted by molar-refractivity contribution is 5.79. The Morgan fingerprint density at radius 3 is 2.47 bits per heavy atom. The third-order valence-electron chi connectivity index (χ3n) is 4.41. The summed E-state index contributed by atoms with van der Waals surface area (Å²) in [7, 11) is 1.72. The molecule has 0 saturated carbocycles. The quantitative estimate of drug-likeness (QED) is 0.479. The van der Waals surface area contributed by atoms with E-state index in [0.29, 0.717) is 30.7 Å². The molecule has 3 aromatic rings. The molecule has 8 heteroatoms. The largest absolute Gasteiger partial charge is 0.454 e. The number of halogens is 1. The molecule has 7 nitrogen and oxygen atoms in total. The molecular weight excluding hydrogens is 387 g/mol. The fourth-order valence-electron chi connectivity index (χ4n) is 2.84. The van der Waals surface area contributed by atoms with E-state index >= 15 is 0 Å². The number of aliphatic imine (C=N–C) groups is 1. The topological polar surface area (TPSA) is 77.0 Å². The molecule has 2 heterocycles. The van der Waals surface area contributed by atoms with Gasteiger partial charge in [-0.15, -0.1) is 0 Å². The van der Waals surface area contributed by atoms with E-state index in [-0.39, 0.29) is 12.6 Å². The van der Waals surface area contributed by atoms with Crippen LogP contribution in [0.2, 0.25) is 0 Å². The summed E-state index contributed by atoms with van der Waals surface area (Å²) in [4.78, 5) is 8.52. The van der Waals surface area contributed by atoms with E-state index in [2.05, 4.69) is 20.6 Å². The van der Waals surface area contributed by atoms with Crippen LogP contribution in [0.1, 0.15) is 11.1 Å². The van der Waals surface area contributed by atoms with E-state index in [1.807, 2.05) is 24.3 Å². The van der Waals surface area contributed by atoms with Gasteiger partial charge >= 0.3 is 0 Å². The lowest BCUT2D eigenvalue weighted by atomic mass is 10.2. The van der Waals surface area contributed by atoms with Gasteiger partial charge in [0, 0.05) is 32.4 Å². The highest BCUT2D eigenvalue weighted by Gasteiger charge is 2.13. The first kappa shape index (κ1) is 19.5. The van der Waals surface area contributed by atoms with Crippen molar-refractivity contribution in [3.63, 3.8) is 0 Å². The van der Waals surface area contributed by atoms with E-state index in [1.54, 1.807) is 31.4 Å². The van der Waals surface area contributed by atoms with Crippen molar-refractivity contribution in [2.75, 3.05) is 13.8 Å². The maximum atomic E-state index is 13.0. The number of benzene rings is 2. The van der Waals surface area contributed by atoms with Gasteiger partial charge in [0.2, 0.25) is 12.7 Å². The van der Waals surface area contributed by atoms with Gasteiger partial charge in [0.05, 0.1) is 0 Å². The van der Waals surface area contributed by atoms with Crippen LogP contribution in [0.15, 0.2) is 65.8 Å². The second-order valence-corrected chi connectivity index (χ2v) is 6.53. The van der Waals surface area contributed by atoms with Gasteiger partial charge in [-0.1, -0.05) is 12.1 Å². The van der Waals surface area contributed by atoms with Crippen LogP contribution in [-0.2, 0) is 13.1 Å². The molecule has 30 heavy (non-hydrogen) atoms. The molecule has 0 radical (unpaired) electrons. The number of aromatic nitrogens is 1. The Bertz CT molecular complexity index is 1020. The minimum Gasteiger partial charge on any atom is -0.454 e. The van der Waals surface area contributed by atoms with Crippen molar-refractivity contribution >= 4 is 5.96 Å². The van der Waals surface area contributed by atoms with E-state index in [9.17, 15) is 4.39 Å². The molecule has 0 saturated heterocycles. The number of nitrogens with zero attached hydrogens (tertiary/aromatic N) is 2. The van der Waals surface area contributed by atoms with Crippen LogP contribution in [0.25, 0.3) is 0 Å². The van der Waals surface area contributed by atoms with Crippen LogP contribution in [-0.4, -0.2) is 24.8 Å². The van der Waals surface area contributed by atoms with Gasteiger partial charge in [-0.2, -0.15) is 0 Å². The Morgan fingerprint density at radius 2 is 1.73 bits per heavy atom. The number of fused-ring (bicyclic) bond motifs is 1. The van der Waals surface area contributed by atoms with Gasteiger partial charge in [-0.25, -0.2) is 9.37 Å². The number of guanidine groups is 1. The second kappa shape index (κ2) is 9.13. The van der Waals surface area contributed by atoms with Gasteiger partial charge in [0.25, 0.3) is 0 Å². The lowest BCUT2D eigenvalue weighted by molar-refractivity contribution is 0.174. The third kappa shape index (κ3) is 4.96. The zero-order chi connectivity index (χ0) is 20.8. The van der Waals surface area contributed by atoms with Crippen LogP contribution in [0.5, 0.6) is 23.1 Å². The molecule has 0 aliphatic carbocycles. The maximum absolute atomic E-state index is 13.0. The molecule has 0 atom stereocenters. The molecule has 0 amide bonds. The molecule has 0 bridgehead atoms. The lowest BCUT2D eigenvalue weighted by Gasteiger charge is -2.12. The van der Waals surface area contributed by atoms with Gasteiger partial charge in [0.15, 0.2) is 17.5 Å². The number of ether oxygens (including phenoxy) is 3. The molecule has 154 valence electrons. The van der Waals surface area contributed by atoms with Crippen molar-refractivity contribution in [1.29, 1.82) is 0 Å². The van der Waals surface area contributed by atoms with E-state index < -0.39 is 0 Å². The summed E-state index contributed by atoms with van der Waals surface area (Å²) < 4.78 is 29.3. The average molecular weight is 408 g/mol. The number of nitrogens with one attached hydrogen (secondary N) is 2. The molecule has 0 fully saturated rings. The van der Waals surface area contributed by atoms with E-state index in [0.717, 1.165) is 22.6 Å². The molecule has 1 aliphatic rings. The van der Waals surface area contributed by atoms with Crippen molar-refractivity contribution in [3.8, 4) is 23.1 Å². The number of hydrogen-bond donors (Lipinski definition) is 2. The highest BCUT2D eigenvalue weighted by atomic mass is 19.1. The summed E-state index contributed by atoms with van der Waals surface area (Å²) in [6, 6.07) is 15.3. The van der Waals surface area contributed by atoms with E-state index in [4.69, 9.17) is 14.2 Å². The number of rotatable bonds is 6. The number of hydrogen-bond acceptors (Lipinski definition) is 5. The van der Waals surface area contributed by atoms with Crippen molar-refractivity contribution in [2.24, 2.45) is 4.99 Å². The SMILES string of the molecule is CN=C(NCc1ccc(Oc2ccc(F)cc2)nc1)NCc1ccc2c(c1)OCO2. The highest BCUT2D eigenvalue weighted by Crippen LogP contribution is 2.32. The summed E-state index contributed by atoms with van der Waals surface area (Å²) in [5.41, 5.74) is 2.03. The summed E-state index contributed by atoms with van der Waals surface area (Å²) in [6.45, 7) is 1.40. The fraction of sp³-hybridized carbons (Fsp3) is 0.182. The molecule has 2 N–H and O–H groups in total. The molecule has 0 unspecified atom stereocenters. The molecular formula is C22H21FN4O3. The van der Waals surface area contributed by atoms with Crippen molar-refractivity contribution in [3.05, 3.63) is 77.7 Å². The fourth-order valence-corrected chi connectivity index (χ4v) is 2.84. The number of pyridine rings is 1. The van der Waals surface area contributed by atoms with Gasteiger partial charge in [-0.3, -0.25) is 4.99 Å². The minimum atomic E-state index is -0.308. The van der Waals surface area contributed by atoms with Crippen LogP contribution in [0.3, 0.4) is 0 Å². The first-order valence-electron chi connectivity index (χ1n) is 9.41. The maximum Gasteiger partial charge on any atom is 0.231 e. The Labute approximate surface area is 173 Å². The summed E-state index contributed by atoms with van der Waals surface area (Å²) in [5, 5.41) is 6.51. The Balaban J connectivity index is 1.27. The van der Waals surface area contributed by atoms with Gasteiger partial charge < -0.3 is 24.8 Å². The van der Waals surface area contributed by atoms with Crippen LogP contribution in [0, 0.1) is 5.82 Å². The van der Waals surface area contributed by atoms with Crippen molar-refractivity contribution < 1.29 is 18.6 Å². The van der Waals surface area contributed by atoms with Gasteiger partial charge in [0.1, 0.15) is 11.6 Å². The first-order chi connectivity index (χ1) is 14.7. The Hall–Kier alpha value is -3.81. The van der Waals surface area contributed by atoms with E-state index in [1.165, 1.54) is 12.1 Å². The predicted molar refractivity (Wildman–Crippen MR) is 110 cm³/mol. The zero-order valence-electron chi connectivity index (χ0n) is 16.4. The molecule has 4 rings (SSSR count). The lowest BCUT2D eigenvalue weighted by Crippen LogP contribution is -2.36. The minimum absolute atomic E-state index is 0.261. The normalized spacial score (nSPS) is 12.5. The summed E-state index contributed by atoms with van der Waals surface area (Å²) >= 11 is 0. The second-order valence-electron chi connectivity index (χ2n) is 6.53. The monoisotopic (exact) mass is 408 g/mol. The molecule has 1 aliphatic heterocycles. The van der Waals surface area contributed by atoms with Crippen LogP contribution < -0.4 is 24.8 Å². The predicted octanol–water partition coefficient (Wildman–Crippen LogP) is 3.61. The zero-order valence-corrected chi connectivity index (χ0v) is 16.4. The molecule has 0 spiro atoms. The van der Waals surface area contributed by atoms with Crippen molar-refractivity contribution in [2.45, 2.75) is 13.1 Å². The molecule has 2 aromatic carbocycles.